The van der Waals surface area contributed by atoms with Crippen molar-refractivity contribution in [2.24, 2.45) is 0 Å². The highest BCUT2D eigenvalue weighted by molar-refractivity contribution is 6.37. The second-order valence-electron chi connectivity index (χ2n) is 7.84. The van der Waals surface area contributed by atoms with Gasteiger partial charge in [0.05, 0.1) is 41.6 Å². The largest absolute Gasteiger partial charge is 0.478 e. The summed E-state index contributed by atoms with van der Waals surface area (Å²) in [4.78, 5) is 11.5. The fourth-order valence-electron chi connectivity index (χ4n) is 4.10. The van der Waals surface area contributed by atoms with Gasteiger partial charge in [-0.2, -0.15) is 26.3 Å². The van der Waals surface area contributed by atoms with E-state index in [4.69, 9.17) is 21.1 Å². The second kappa shape index (κ2) is 7.96. The van der Waals surface area contributed by atoms with E-state index >= 15 is 0 Å². The van der Waals surface area contributed by atoms with Gasteiger partial charge in [0.1, 0.15) is 5.69 Å². The van der Waals surface area contributed by atoms with Crippen LogP contribution in [0.4, 0.5) is 26.3 Å². The molecule has 0 saturated heterocycles. The first-order valence-electron chi connectivity index (χ1n) is 10.0. The quantitative estimate of drug-likeness (QED) is 0.373. The van der Waals surface area contributed by atoms with Crippen LogP contribution in [-0.2, 0) is 11.8 Å². The first kappa shape index (κ1) is 24.1. The first-order valence-corrected chi connectivity index (χ1v) is 10.4. The Labute approximate surface area is 202 Å². The predicted molar refractivity (Wildman–Crippen MR) is 113 cm³/mol. The maximum Gasteiger partial charge on any atom is 0.433 e. The van der Waals surface area contributed by atoms with Crippen LogP contribution in [0.3, 0.4) is 0 Å². The van der Waals surface area contributed by atoms with Crippen LogP contribution in [0.2, 0.25) is 5.02 Å². The molecule has 1 aliphatic heterocycles. The molecule has 36 heavy (non-hydrogen) atoms. The Morgan fingerprint density at radius 3 is 2.53 bits per heavy atom. The number of aliphatic hydroxyl groups is 1. The van der Waals surface area contributed by atoms with E-state index in [-0.39, 0.29) is 44.3 Å². The fourth-order valence-corrected chi connectivity index (χ4v) is 4.39. The van der Waals surface area contributed by atoms with Crippen molar-refractivity contribution in [3.63, 3.8) is 0 Å². The van der Waals surface area contributed by atoms with Gasteiger partial charge in [-0.25, -0.2) is 9.97 Å². The number of hydrogen-bond acceptors (Lipinski definition) is 6. The van der Waals surface area contributed by atoms with Gasteiger partial charge in [0.25, 0.3) is 5.88 Å². The molecule has 5 rings (SSSR count). The summed E-state index contributed by atoms with van der Waals surface area (Å²) in [5, 5.41) is 11.7. The molecule has 1 aliphatic rings. The van der Waals surface area contributed by atoms with Crippen LogP contribution in [0, 0.1) is 0 Å². The van der Waals surface area contributed by atoms with E-state index in [0.29, 0.717) is 0 Å². The number of pyridine rings is 2. The SMILES string of the molecule is COc1nc2ccc(C3(O)c4cnc(C(F)(F)F)cc4-n4cncc43)cc2c(Cl)c1OCC(F)(F)F. The van der Waals surface area contributed by atoms with E-state index in [0.717, 1.165) is 12.3 Å². The first-order chi connectivity index (χ1) is 16.8. The number of rotatable bonds is 4. The molecule has 0 fully saturated rings. The number of aromatic nitrogens is 4. The van der Waals surface area contributed by atoms with Crippen LogP contribution in [0.15, 0.2) is 43.0 Å². The Morgan fingerprint density at radius 1 is 1.11 bits per heavy atom. The van der Waals surface area contributed by atoms with Crippen LogP contribution in [0.5, 0.6) is 11.6 Å². The number of fused-ring (bicyclic) bond motifs is 4. The molecule has 0 bridgehead atoms. The molecular weight excluding hydrogens is 518 g/mol. The Morgan fingerprint density at radius 2 is 1.86 bits per heavy atom. The number of benzene rings is 1. The lowest BCUT2D eigenvalue weighted by atomic mass is 9.85. The summed E-state index contributed by atoms with van der Waals surface area (Å²) in [6.07, 6.45) is -5.93. The third kappa shape index (κ3) is 3.69. The number of ether oxygens (including phenoxy) is 2. The average Bonchev–Trinajstić information content (AvgIpc) is 3.39. The van der Waals surface area contributed by atoms with Crippen molar-refractivity contribution in [2.45, 2.75) is 18.0 Å². The molecule has 1 unspecified atom stereocenters. The van der Waals surface area contributed by atoms with Crippen molar-refractivity contribution in [1.29, 1.82) is 0 Å². The predicted octanol–water partition coefficient (Wildman–Crippen LogP) is 5.04. The van der Waals surface area contributed by atoms with Crippen molar-refractivity contribution in [3.8, 4) is 17.3 Å². The van der Waals surface area contributed by atoms with Crippen LogP contribution in [0.25, 0.3) is 16.6 Å². The molecule has 0 spiro atoms. The topological polar surface area (TPSA) is 82.3 Å². The highest BCUT2D eigenvalue weighted by atomic mass is 35.5. The zero-order chi connectivity index (χ0) is 26.0. The molecule has 0 aliphatic carbocycles. The number of imidazole rings is 1. The highest BCUT2D eigenvalue weighted by Crippen LogP contribution is 2.48. The number of halogens is 7. The summed E-state index contributed by atoms with van der Waals surface area (Å²) in [7, 11) is 1.18. The molecular formula is C22H13ClF6N4O3. The Kier molecular flexibility index (Phi) is 5.34. The number of nitrogens with zero attached hydrogens (tertiary/aromatic N) is 4. The van der Waals surface area contributed by atoms with Crippen LogP contribution in [0.1, 0.15) is 22.5 Å². The van der Waals surface area contributed by atoms with Crippen molar-refractivity contribution < 1.29 is 40.9 Å². The second-order valence-corrected chi connectivity index (χ2v) is 8.22. The number of alkyl halides is 6. The van der Waals surface area contributed by atoms with Gasteiger partial charge in [0, 0.05) is 17.1 Å². The molecule has 4 heterocycles. The minimum absolute atomic E-state index is 0.0144. The van der Waals surface area contributed by atoms with Gasteiger partial charge in [-0.15, -0.1) is 0 Å². The lowest BCUT2D eigenvalue weighted by Crippen LogP contribution is -2.27. The van der Waals surface area contributed by atoms with E-state index < -0.39 is 36.0 Å². The maximum atomic E-state index is 13.3. The van der Waals surface area contributed by atoms with Crippen molar-refractivity contribution in [1.82, 2.24) is 19.5 Å². The molecule has 0 saturated carbocycles. The monoisotopic (exact) mass is 530 g/mol. The van der Waals surface area contributed by atoms with Gasteiger partial charge in [0.15, 0.2) is 12.2 Å². The van der Waals surface area contributed by atoms with Crippen LogP contribution in [-0.4, -0.2) is 44.5 Å². The number of hydrogen-bond donors (Lipinski definition) is 1. The summed E-state index contributed by atoms with van der Waals surface area (Å²) in [6.45, 7) is -1.65. The molecule has 0 amide bonds. The van der Waals surface area contributed by atoms with E-state index in [9.17, 15) is 31.4 Å². The zero-order valence-electron chi connectivity index (χ0n) is 17.9. The van der Waals surface area contributed by atoms with Crippen LogP contribution >= 0.6 is 11.6 Å². The molecule has 1 atom stereocenters. The molecule has 3 aromatic heterocycles. The molecule has 7 nitrogen and oxygen atoms in total. The summed E-state index contributed by atoms with van der Waals surface area (Å²) in [5.41, 5.74) is -2.64. The summed E-state index contributed by atoms with van der Waals surface area (Å²) >= 11 is 6.38. The highest BCUT2D eigenvalue weighted by Gasteiger charge is 2.46. The van der Waals surface area contributed by atoms with Gasteiger partial charge in [-0.3, -0.25) is 9.55 Å². The van der Waals surface area contributed by atoms with Gasteiger partial charge in [-0.1, -0.05) is 17.7 Å². The Bertz CT molecular complexity index is 1500. The summed E-state index contributed by atoms with van der Waals surface area (Å²) in [5.74, 6) is -0.738. The van der Waals surface area contributed by atoms with Gasteiger partial charge in [-0.05, 0) is 23.8 Å². The minimum Gasteiger partial charge on any atom is -0.478 e. The minimum atomic E-state index is -4.72. The normalized spacial score (nSPS) is 17.2. The number of methoxy groups -OCH3 is 1. The smallest absolute Gasteiger partial charge is 0.433 e. The molecule has 14 heteroatoms. The van der Waals surface area contributed by atoms with Gasteiger partial charge >= 0.3 is 12.4 Å². The van der Waals surface area contributed by atoms with Crippen LogP contribution < -0.4 is 9.47 Å². The van der Waals surface area contributed by atoms with Gasteiger partial charge in [0.2, 0.25) is 5.75 Å². The lowest BCUT2D eigenvalue weighted by Gasteiger charge is -2.25. The molecule has 4 aromatic rings. The summed E-state index contributed by atoms with van der Waals surface area (Å²) in [6, 6.07) is 5.03. The molecule has 1 aromatic carbocycles. The Balaban J connectivity index is 1.69. The standard InChI is InChI=1S/C22H13ClF6N4O3/c1-35-19-18(36-8-20(24,25)26)17(23)11-4-10(2-3-13(11)32-19)21(34)12-6-31-15(22(27,28)29)5-14(12)33-9-30-7-16(21)33/h2-7,9,34H,8H2,1H3. The molecule has 0 radical (unpaired) electrons. The molecule has 1 N–H and O–H groups in total. The van der Waals surface area contributed by atoms with Crippen molar-refractivity contribution >= 4 is 22.5 Å². The molecule has 188 valence electrons. The zero-order valence-corrected chi connectivity index (χ0v) is 18.7. The van der Waals surface area contributed by atoms with Gasteiger partial charge < -0.3 is 14.6 Å². The van der Waals surface area contributed by atoms with E-state index in [2.05, 4.69) is 15.0 Å². The third-order valence-corrected chi connectivity index (χ3v) is 6.05. The van der Waals surface area contributed by atoms with E-state index in [1.54, 1.807) is 0 Å². The van der Waals surface area contributed by atoms with E-state index in [1.807, 2.05) is 0 Å². The van der Waals surface area contributed by atoms with Crippen molar-refractivity contribution in [2.75, 3.05) is 13.7 Å². The fraction of sp³-hybridized carbons (Fsp3) is 0.227. The van der Waals surface area contributed by atoms with E-state index in [1.165, 1.54) is 42.4 Å². The maximum absolute atomic E-state index is 13.3. The third-order valence-electron chi connectivity index (χ3n) is 5.67. The Hall–Kier alpha value is -3.58. The summed E-state index contributed by atoms with van der Waals surface area (Å²) < 4.78 is 89.2. The lowest BCUT2D eigenvalue weighted by molar-refractivity contribution is -0.153. The van der Waals surface area contributed by atoms with Crippen molar-refractivity contribution in [3.05, 3.63) is 70.5 Å². The average molecular weight is 531 g/mol.